The summed E-state index contributed by atoms with van der Waals surface area (Å²) in [5, 5.41) is 2.37. The van der Waals surface area contributed by atoms with E-state index < -0.39 is 23.6 Å². The summed E-state index contributed by atoms with van der Waals surface area (Å²) in [6.45, 7) is 8.72. The van der Waals surface area contributed by atoms with Crippen molar-refractivity contribution in [1.29, 1.82) is 0 Å². The van der Waals surface area contributed by atoms with E-state index in [1.165, 1.54) is 0 Å². The third-order valence-electron chi connectivity index (χ3n) is 1.62. The molecule has 0 spiro atoms. The average Bonchev–Trinajstić information content (AvgIpc) is 1.95. The maximum absolute atomic E-state index is 11.3. The molecule has 5 heteroatoms. The number of nitrogens with one attached hydrogen (secondary N) is 2. The van der Waals surface area contributed by atoms with Gasteiger partial charge >= 0.3 is 6.09 Å². The molecule has 0 heterocycles. The minimum Gasteiger partial charge on any atom is -0.444 e. The molecule has 1 unspecified atom stereocenters. The smallest absolute Gasteiger partial charge is 0.408 e. The molecule has 0 aliphatic carbocycles. The Morgan fingerprint density at radius 1 is 1.27 bits per heavy atom. The zero-order valence-corrected chi connectivity index (χ0v) is 9.88. The lowest BCUT2D eigenvalue weighted by Gasteiger charge is -2.23. The number of hydrogen-bond donors (Lipinski definition) is 1. The van der Waals surface area contributed by atoms with Gasteiger partial charge in [0.15, 0.2) is 0 Å². The van der Waals surface area contributed by atoms with Crippen molar-refractivity contribution < 1.29 is 14.3 Å². The molecular formula is C10H19N2O3. The van der Waals surface area contributed by atoms with Crippen molar-refractivity contribution in [1.82, 2.24) is 11.1 Å². The molecule has 0 aliphatic rings. The van der Waals surface area contributed by atoms with Gasteiger partial charge in [0.25, 0.3) is 5.91 Å². The van der Waals surface area contributed by atoms with Gasteiger partial charge in [-0.2, -0.15) is 0 Å². The van der Waals surface area contributed by atoms with Crippen molar-refractivity contribution >= 4 is 12.0 Å². The second kappa shape index (κ2) is 5.00. The van der Waals surface area contributed by atoms with E-state index in [0.29, 0.717) is 0 Å². The van der Waals surface area contributed by atoms with Crippen LogP contribution in [0.4, 0.5) is 4.79 Å². The van der Waals surface area contributed by atoms with Crippen LogP contribution < -0.4 is 11.1 Å². The van der Waals surface area contributed by atoms with Gasteiger partial charge in [0, 0.05) is 0 Å². The van der Waals surface area contributed by atoms with E-state index in [4.69, 9.17) is 10.5 Å². The number of alkyl carbamates (subject to hydrolysis) is 1. The summed E-state index contributed by atoms with van der Waals surface area (Å²) in [6, 6.07) is -0.806. The van der Waals surface area contributed by atoms with E-state index in [9.17, 15) is 9.59 Å². The van der Waals surface area contributed by atoms with Crippen LogP contribution in [0.2, 0.25) is 0 Å². The average molecular weight is 215 g/mol. The molecule has 2 N–H and O–H groups in total. The van der Waals surface area contributed by atoms with Crippen molar-refractivity contribution in [3.05, 3.63) is 0 Å². The lowest BCUT2D eigenvalue weighted by Crippen LogP contribution is -2.46. The van der Waals surface area contributed by atoms with Gasteiger partial charge < -0.3 is 10.1 Å². The second-order valence-electron chi connectivity index (χ2n) is 4.73. The molecular weight excluding hydrogens is 196 g/mol. The van der Waals surface area contributed by atoms with Crippen molar-refractivity contribution in [2.75, 3.05) is 0 Å². The number of hydrogen-bond acceptors (Lipinski definition) is 3. The molecule has 0 aromatic heterocycles. The predicted molar refractivity (Wildman–Crippen MR) is 56.1 cm³/mol. The molecule has 15 heavy (non-hydrogen) atoms. The lowest BCUT2D eigenvalue weighted by atomic mass is 10.0. The number of carbonyl (C=O) groups excluding carboxylic acids is 2. The van der Waals surface area contributed by atoms with Gasteiger partial charge in [0.1, 0.15) is 11.6 Å². The summed E-state index contributed by atoms with van der Waals surface area (Å²) in [7, 11) is 0. The van der Waals surface area contributed by atoms with Crippen molar-refractivity contribution in [2.45, 2.75) is 46.3 Å². The summed E-state index contributed by atoms with van der Waals surface area (Å²) in [4.78, 5) is 22.2. The summed E-state index contributed by atoms with van der Waals surface area (Å²) in [6.07, 6.45) is -0.665. The molecule has 1 radical (unpaired) electrons. The van der Waals surface area contributed by atoms with E-state index in [1.807, 2.05) is 0 Å². The standard InChI is InChI=1S/C10H19N2O3/c1-6(2)7(8(11)13)12-9(14)15-10(3,4)5/h6-7,11H,1-5H3,(H,12,14). The Balaban J connectivity index is 4.31. The van der Waals surface area contributed by atoms with Gasteiger partial charge in [-0.15, -0.1) is 0 Å². The van der Waals surface area contributed by atoms with E-state index >= 15 is 0 Å². The van der Waals surface area contributed by atoms with Crippen LogP contribution in [-0.4, -0.2) is 23.6 Å². The van der Waals surface area contributed by atoms with Crippen LogP contribution in [0.1, 0.15) is 34.6 Å². The Bertz CT molecular complexity index is 244. The summed E-state index contributed by atoms with van der Waals surface area (Å²) < 4.78 is 4.98. The maximum Gasteiger partial charge on any atom is 0.408 e. The monoisotopic (exact) mass is 215 g/mol. The largest absolute Gasteiger partial charge is 0.444 e. The molecule has 0 saturated carbocycles. The van der Waals surface area contributed by atoms with E-state index in [-0.39, 0.29) is 5.92 Å². The van der Waals surface area contributed by atoms with Crippen molar-refractivity contribution in [2.24, 2.45) is 5.92 Å². The Labute approximate surface area is 90.4 Å². The van der Waals surface area contributed by atoms with Crippen LogP contribution in [-0.2, 0) is 9.53 Å². The number of rotatable bonds is 3. The third kappa shape index (κ3) is 5.93. The molecule has 0 aromatic carbocycles. The Morgan fingerprint density at radius 2 is 1.73 bits per heavy atom. The van der Waals surface area contributed by atoms with Crippen LogP contribution in [0, 0.1) is 5.92 Å². The topological polar surface area (TPSA) is 79.2 Å². The van der Waals surface area contributed by atoms with Gasteiger partial charge in [-0.05, 0) is 26.7 Å². The number of carbonyl (C=O) groups is 2. The van der Waals surface area contributed by atoms with Gasteiger partial charge in [-0.3, -0.25) is 10.5 Å². The molecule has 0 fully saturated rings. The number of ether oxygens (including phenoxy) is 1. The summed E-state index contributed by atoms with van der Waals surface area (Å²) in [5.74, 6) is -0.932. The molecule has 1 atom stereocenters. The molecule has 5 nitrogen and oxygen atoms in total. The zero-order chi connectivity index (χ0) is 12.2. The Kier molecular flexibility index (Phi) is 4.58. The van der Waals surface area contributed by atoms with Crippen molar-refractivity contribution in [3.63, 3.8) is 0 Å². The molecule has 0 aromatic rings. The second-order valence-corrected chi connectivity index (χ2v) is 4.73. The predicted octanol–water partition coefficient (Wildman–Crippen LogP) is 1.35. The first-order valence-electron chi connectivity index (χ1n) is 4.88. The fourth-order valence-corrected chi connectivity index (χ4v) is 0.969. The lowest BCUT2D eigenvalue weighted by molar-refractivity contribution is -0.121. The molecule has 2 amide bonds. The SMILES string of the molecule is CC(C)C(NC(=O)OC(C)(C)C)C([NH])=O. The molecule has 0 aliphatic heterocycles. The highest BCUT2D eigenvalue weighted by atomic mass is 16.6. The van der Waals surface area contributed by atoms with E-state index in [0.717, 1.165) is 0 Å². The van der Waals surface area contributed by atoms with Crippen LogP contribution in [0.5, 0.6) is 0 Å². The fraction of sp³-hybridized carbons (Fsp3) is 0.800. The summed E-state index contributed by atoms with van der Waals surface area (Å²) >= 11 is 0. The third-order valence-corrected chi connectivity index (χ3v) is 1.62. The normalized spacial score (nSPS) is 13.5. The summed E-state index contributed by atoms with van der Waals surface area (Å²) in [5.41, 5.74) is 6.38. The van der Waals surface area contributed by atoms with Crippen LogP contribution in [0.25, 0.3) is 0 Å². The highest BCUT2D eigenvalue weighted by Crippen LogP contribution is 2.08. The Morgan fingerprint density at radius 3 is 2.00 bits per heavy atom. The first-order valence-corrected chi connectivity index (χ1v) is 4.88. The van der Waals surface area contributed by atoms with Crippen LogP contribution >= 0.6 is 0 Å². The highest BCUT2D eigenvalue weighted by molar-refractivity contribution is 5.83. The van der Waals surface area contributed by atoms with Gasteiger partial charge in [-0.25, -0.2) is 4.79 Å². The van der Waals surface area contributed by atoms with Crippen LogP contribution in [0.15, 0.2) is 0 Å². The highest BCUT2D eigenvalue weighted by Gasteiger charge is 2.25. The first kappa shape index (κ1) is 13.7. The van der Waals surface area contributed by atoms with E-state index in [1.54, 1.807) is 34.6 Å². The molecule has 0 rings (SSSR count). The fourth-order valence-electron chi connectivity index (χ4n) is 0.969. The van der Waals surface area contributed by atoms with Crippen molar-refractivity contribution in [3.8, 4) is 0 Å². The maximum atomic E-state index is 11.3. The van der Waals surface area contributed by atoms with Gasteiger partial charge in [-0.1, -0.05) is 13.8 Å². The van der Waals surface area contributed by atoms with E-state index in [2.05, 4.69) is 5.32 Å². The van der Waals surface area contributed by atoms with Gasteiger partial charge in [0.05, 0.1) is 0 Å². The minimum atomic E-state index is -0.809. The van der Waals surface area contributed by atoms with Gasteiger partial charge in [0.2, 0.25) is 0 Å². The minimum absolute atomic E-state index is 0.123. The quantitative estimate of drug-likeness (QED) is 0.771. The number of amides is 2. The Hall–Kier alpha value is -1.26. The molecule has 87 valence electrons. The first-order chi connectivity index (χ1) is 6.63. The van der Waals surface area contributed by atoms with Crippen LogP contribution in [0.3, 0.4) is 0 Å². The molecule has 0 saturated heterocycles. The molecule has 0 bridgehead atoms. The zero-order valence-electron chi connectivity index (χ0n) is 9.88.